The van der Waals surface area contributed by atoms with Gasteiger partial charge in [-0.05, 0) is 72.5 Å². The summed E-state index contributed by atoms with van der Waals surface area (Å²) < 4.78 is 34.4. The molecule has 8 nitrogen and oxygen atoms in total. The number of ketones is 1. The number of esters is 1. The Kier molecular flexibility index (Phi) is 8.66. The van der Waals surface area contributed by atoms with Crippen LogP contribution in [0.15, 0.2) is 70.3 Å². The molecule has 0 radical (unpaired) electrons. The van der Waals surface area contributed by atoms with Gasteiger partial charge >= 0.3 is 5.97 Å². The van der Waals surface area contributed by atoms with Crippen molar-refractivity contribution in [2.24, 2.45) is 5.92 Å². The molecule has 2 unspecified atom stereocenters. The van der Waals surface area contributed by atoms with Gasteiger partial charge in [0.15, 0.2) is 11.8 Å². The van der Waals surface area contributed by atoms with E-state index in [0.717, 1.165) is 16.9 Å². The molecule has 0 aliphatic carbocycles. The van der Waals surface area contributed by atoms with Crippen LogP contribution in [0.5, 0.6) is 5.75 Å². The Morgan fingerprint density at radius 1 is 1.13 bits per heavy atom. The van der Waals surface area contributed by atoms with E-state index < -0.39 is 27.6 Å². The molecule has 1 saturated heterocycles. The van der Waals surface area contributed by atoms with Crippen molar-refractivity contribution in [1.29, 1.82) is 0 Å². The van der Waals surface area contributed by atoms with Gasteiger partial charge in [-0.15, -0.1) is 11.3 Å². The predicted octanol–water partition coefficient (Wildman–Crippen LogP) is 5.38. The summed E-state index contributed by atoms with van der Waals surface area (Å²) in [5.41, 5.74) is 0.940. The van der Waals surface area contributed by atoms with E-state index in [1.807, 2.05) is 32.9 Å². The first-order valence-corrected chi connectivity index (χ1v) is 15.4. The molecule has 1 aliphatic heterocycles. The van der Waals surface area contributed by atoms with E-state index in [4.69, 9.17) is 4.74 Å². The number of sulfonamides is 1. The fraction of sp³-hybridized carbons (Fsp3) is 0.379. The van der Waals surface area contributed by atoms with E-state index >= 15 is 0 Å². The minimum atomic E-state index is -3.75. The van der Waals surface area contributed by atoms with Gasteiger partial charge in [-0.3, -0.25) is 9.52 Å². The number of rotatable bonds is 11. The van der Waals surface area contributed by atoms with Crippen LogP contribution in [-0.2, 0) is 30.8 Å². The number of nitrogens with zero attached hydrogens (tertiary/aromatic N) is 1. The first-order valence-electron chi connectivity index (χ1n) is 13.0. The highest BCUT2D eigenvalue weighted by Gasteiger charge is 2.50. The minimum absolute atomic E-state index is 0.0851. The highest BCUT2D eigenvalue weighted by atomic mass is 32.2. The molecule has 10 heteroatoms. The van der Waals surface area contributed by atoms with Crippen LogP contribution in [0.3, 0.4) is 0 Å². The lowest BCUT2D eigenvalue weighted by Gasteiger charge is -2.44. The number of nitrogens with one attached hydrogen (secondary N) is 1. The van der Waals surface area contributed by atoms with Gasteiger partial charge in [0.05, 0.1) is 5.69 Å². The first kappa shape index (κ1) is 28.6. The van der Waals surface area contributed by atoms with Crippen LogP contribution < -0.4 is 9.62 Å². The maximum absolute atomic E-state index is 13.7. The normalized spacial score (nSPS) is 19.6. The van der Waals surface area contributed by atoms with Crippen molar-refractivity contribution in [3.05, 3.63) is 71.6 Å². The van der Waals surface area contributed by atoms with Crippen LogP contribution in [-0.4, -0.2) is 43.5 Å². The molecule has 0 bridgehead atoms. The van der Waals surface area contributed by atoms with E-state index in [-0.39, 0.29) is 28.1 Å². The molecule has 2 heterocycles. The van der Waals surface area contributed by atoms with Crippen molar-refractivity contribution >= 4 is 44.5 Å². The number of hydrogen-bond acceptors (Lipinski definition) is 8. The molecule has 0 amide bonds. The van der Waals surface area contributed by atoms with Crippen LogP contribution in [0, 0.1) is 5.92 Å². The summed E-state index contributed by atoms with van der Waals surface area (Å²) >= 11 is 1.12. The van der Waals surface area contributed by atoms with Crippen molar-refractivity contribution < 1.29 is 27.9 Å². The average Bonchev–Trinajstić information content (AvgIpc) is 3.44. The number of benzene rings is 2. The highest BCUT2D eigenvalue weighted by molar-refractivity contribution is 7.94. The number of cyclic esters (lactones) is 1. The Bertz CT molecular complexity index is 1380. The topological polar surface area (TPSA) is 113 Å². The molecule has 2 aromatic carbocycles. The highest BCUT2D eigenvalue weighted by Crippen LogP contribution is 2.38. The van der Waals surface area contributed by atoms with Gasteiger partial charge in [0.1, 0.15) is 15.6 Å². The number of carbonyl (C=O) groups excluding carboxylic acids is 2. The van der Waals surface area contributed by atoms with Crippen molar-refractivity contribution in [3.63, 3.8) is 0 Å². The molecule has 2 N–H and O–H groups in total. The van der Waals surface area contributed by atoms with Gasteiger partial charge < -0.3 is 14.7 Å². The fourth-order valence-electron chi connectivity index (χ4n) is 4.90. The lowest BCUT2D eigenvalue weighted by atomic mass is 9.77. The van der Waals surface area contributed by atoms with Gasteiger partial charge in [-0.2, -0.15) is 0 Å². The number of phenols is 1. The molecule has 1 aromatic heterocycles. The summed E-state index contributed by atoms with van der Waals surface area (Å²) in [5.74, 6) is -0.718. The number of carbonyl (C=O) groups is 2. The van der Waals surface area contributed by atoms with Gasteiger partial charge in [0.2, 0.25) is 0 Å². The SMILES string of the molecule is CCCN(c1cccc(NS(=O)(=O)c2cccs2)c1)C1C(=O)CC(CCc2ccc(O)cc2)(C(C)C)OC1=O. The summed E-state index contributed by atoms with van der Waals surface area (Å²) in [7, 11) is -3.75. The second kappa shape index (κ2) is 11.8. The fourth-order valence-corrected chi connectivity index (χ4v) is 6.95. The van der Waals surface area contributed by atoms with E-state index in [2.05, 4.69) is 4.72 Å². The maximum Gasteiger partial charge on any atom is 0.337 e. The van der Waals surface area contributed by atoms with Crippen LogP contribution in [0.25, 0.3) is 0 Å². The molecule has 1 fully saturated rings. The standard InChI is InChI=1S/C29H34N2O6S2/c1-4-16-31(23-8-5-7-22(18-23)30-39(35,36)26-9-6-17-38-26)27-25(33)19-29(20(2)3,37-28(27)34)15-14-21-10-12-24(32)13-11-21/h5-13,17-18,20,27,30,32H,4,14-16,19H2,1-3H3. The molecule has 4 rings (SSSR count). The Morgan fingerprint density at radius 2 is 1.87 bits per heavy atom. The largest absolute Gasteiger partial charge is 0.508 e. The molecule has 0 saturated carbocycles. The third-order valence-corrected chi connectivity index (χ3v) is 9.88. The zero-order valence-electron chi connectivity index (χ0n) is 22.3. The summed E-state index contributed by atoms with van der Waals surface area (Å²) in [6.07, 6.45) is 1.82. The van der Waals surface area contributed by atoms with E-state index in [9.17, 15) is 23.1 Å². The predicted molar refractivity (Wildman–Crippen MR) is 153 cm³/mol. The summed E-state index contributed by atoms with van der Waals surface area (Å²) in [6, 6.07) is 15.7. The monoisotopic (exact) mass is 570 g/mol. The molecule has 39 heavy (non-hydrogen) atoms. The van der Waals surface area contributed by atoms with Gasteiger partial charge in [0.25, 0.3) is 10.0 Å². The van der Waals surface area contributed by atoms with Crippen LogP contribution in [0.1, 0.15) is 45.6 Å². The summed E-state index contributed by atoms with van der Waals surface area (Å²) in [4.78, 5) is 28.9. The molecular formula is C29H34N2O6S2. The third-order valence-electron chi connectivity index (χ3n) is 7.10. The number of ether oxygens (including phenoxy) is 1. The molecular weight excluding hydrogens is 536 g/mol. The average molecular weight is 571 g/mol. The van der Waals surface area contributed by atoms with Gasteiger partial charge in [0, 0.05) is 18.7 Å². The lowest BCUT2D eigenvalue weighted by Crippen LogP contribution is -2.59. The number of aryl methyl sites for hydroxylation is 1. The number of aromatic hydroxyl groups is 1. The van der Waals surface area contributed by atoms with Crippen molar-refractivity contribution in [1.82, 2.24) is 0 Å². The van der Waals surface area contributed by atoms with E-state index in [0.29, 0.717) is 37.2 Å². The molecule has 2 atom stereocenters. The first-order chi connectivity index (χ1) is 18.5. The van der Waals surface area contributed by atoms with Crippen molar-refractivity contribution in [2.75, 3.05) is 16.2 Å². The number of hydrogen-bond donors (Lipinski definition) is 2. The Morgan fingerprint density at radius 3 is 2.49 bits per heavy atom. The maximum atomic E-state index is 13.7. The Balaban J connectivity index is 1.56. The van der Waals surface area contributed by atoms with E-state index in [1.165, 1.54) is 6.07 Å². The van der Waals surface area contributed by atoms with Crippen LogP contribution in [0.2, 0.25) is 0 Å². The summed E-state index contributed by atoms with van der Waals surface area (Å²) in [6.45, 7) is 6.26. The molecule has 208 valence electrons. The zero-order valence-corrected chi connectivity index (χ0v) is 23.9. The van der Waals surface area contributed by atoms with Crippen molar-refractivity contribution in [3.8, 4) is 5.75 Å². The van der Waals surface area contributed by atoms with Crippen LogP contribution >= 0.6 is 11.3 Å². The lowest BCUT2D eigenvalue weighted by molar-refractivity contribution is -0.179. The van der Waals surface area contributed by atoms with Crippen molar-refractivity contribution in [2.45, 2.75) is 62.3 Å². The second-order valence-corrected chi connectivity index (χ2v) is 13.0. The summed E-state index contributed by atoms with van der Waals surface area (Å²) in [5, 5.41) is 11.3. The van der Waals surface area contributed by atoms with E-state index in [1.54, 1.807) is 52.7 Å². The zero-order chi connectivity index (χ0) is 28.2. The number of anilines is 2. The Hall–Kier alpha value is -3.37. The van der Waals surface area contributed by atoms with Gasteiger partial charge in [-0.25, -0.2) is 13.2 Å². The minimum Gasteiger partial charge on any atom is -0.508 e. The number of Topliss-reactive ketones (excluding diaryl/α,β-unsaturated/α-hetero) is 1. The smallest absolute Gasteiger partial charge is 0.337 e. The molecule has 0 spiro atoms. The quantitative estimate of drug-likeness (QED) is 0.235. The third kappa shape index (κ3) is 6.45. The second-order valence-electron chi connectivity index (χ2n) is 10.1. The number of phenolic OH excluding ortho intramolecular Hbond substituents is 1. The molecule has 1 aliphatic rings. The Labute approximate surface area is 233 Å². The van der Waals surface area contributed by atoms with Crippen LogP contribution in [0.4, 0.5) is 11.4 Å². The van der Waals surface area contributed by atoms with Gasteiger partial charge in [-0.1, -0.05) is 45.0 Å². The number of thiophene rings is 1. The molecule has 3 aromatic rings.